The first-order valence-corrected chi connectivity index (χ1v) is 5.63. The minimum atomic E-state index is -0.472. The van der Waals surface area contributed by atoms with E-state index in [0.29, 0.717) is 0 Å². The van der Waals surface area contributed by atoms with E-state index in [2.05, 4.69) is 4.98 Å². The molecule has 0 aliphatic carbocycles. The molecule has 0 radical (unpaired) electrons. The second kappa shape index (κ2) is 3.29. The number of hydrogen-bond donors (Lipinski definition) is 0. The summed E-state index contributed by atoms with van der Waals surface area (Å²) >= 11 is 1.64. The van der Waals surface area contributed by atoms with Gasteiger partial charge in [0.1, 0.15) is 6.10 Å². The zero-order chi connectivity index (χ0) is 10.3. The molecule has 1 fully saturated rings. The predicted molar refractivity (Wildman–Crippen MR) is 55.3 cm³/mol. The van der Waals surface area contributed by atoms with Crippen LogP contribution >= 0.6 is 11.3 Å². The smallest absolute Gasteiger partial charge is 0.164 e. The Morgan fingerprint density at radius 3 is 2.57 bits per heavy atom. The van der Waals surface area contributed by atoms with Crippen LogP contribution in [-0.4, -0.2) is 16.9 Å². The number of aromatic nitrogens is 1. The molecule has 2 heterocycles. The molecule has 2 atom stereocenters. The molecule has 1 aliphatic heterocycles. The Labute approximate surface area is 88.1 Å². The normalized spacial score (nSPS) is 30.9. The van der Waals surface area contributed by atoms with Crippen LogP contribution in [0.2, 0.25) is 0 Å². The zero-order valence-electron chi connectivity index (χ0n) is 8.90. The molecule has 1 saturated heterocycles. The van der Waals surface area contributed by atoms with Crippen molar-refractivity contribution in [3.05, 3.63) is 16.1 Å². The van der Waals surface area contributed by atoms with Gasteiger partial charge in [0.2, 0.25) is 0 Å². The zero-order valence-corrected chi connectivity index (χ0v) is 9.72. The van der Waals surface area contributed by atoms with Crippen molar-refractivity contribution in [2.45, 2.75) is 45.7 Å². The van der Waals surface area contributed by atoms with E-state index in [1.165, 1.54) is 4.88 Å². The maximum atomic E-state index is 5.83. The maximum Gasteiger partial charge on any atom is 0.164 e. The Balaban J connectivity index is 2.25. The first-order chi connectivity index (χ1) is 6.49. The van der Waals surface area contributed by atoms with Crippen LogP contribution in [0.3, 0.4) is 0 Å². The largest absolute Gasteiger partial charge is 0.344 e. The minimum absolute atomic E-state index is 0.0394. The highest BCUT2D eigenvalue weighted by molar-refractivity contribution is 7.09. The lowest BCUT2D eigenvalue weighted by atomic mass is 10.2. The third kappa shape index (κ3) is 1.69. The Morgan fingerprint density at radius 2 is 2.14 bits per heavy atom. The van der Waals surface area contributed by atoms with Crippen LogP contribution in [-0.2, 0) is 9.47 Å². The number of thiazole rings is 1. The van der Waals surface area contributed by atoms with Gasteiger partial charge in [0.25, 0.3) is 0 Å². The Kier molecular flexibility index (Phi) is 2.37. The quantitative estimate of drug-likeness (QED) is 0.718. The SMILES string of the molecule is Cc1ncsc1[C@H]1OC(C)(C)O[C@@H]1C. The van der Waals surface area contributed by atoms with Crippen LogP contribution in [0.25, 0.3) is 0 Å². The minimum Gasteiger partial charge on any atom is -0.344 e. The Morgan fingerprint density at radius 1 is 1.43 bits per heavy atom. The number of aryl methyl sites for hydroxylation is 1. The summed E-state index contributed by atoms with van der Waals surface area (Å²) in [6, 6.07) is 0. The van der Waals surface area contributed by atoms with E-state index in [9.17, 15) is 0 Å². The lowest BCUT2D eigenvalue weighted by Crippen LogP contribution is -2.20. The van der Waals surface area contributed by atoms with Crippen molar-refractivity contribution in [1.29, 1.82) is 0 Å². The van der Waals surface area contributed by atoms with Crippen LogP contribution in [0.4, 0.5) is 0 Å². The molecule has 1 aliphatic rings. The van der Waals surface area contributed by atoms with E-state index >= 15 is 0 Å². The molecular formula is C10H15NO2S. The highest BCUT2D eigenvalue weighted by atomic mass is 32.1. The first-order valence-electron chi connectivity index (χ1n) is 4.75. The van der Waals surface area contributed by atoms with Gasteiger partial charge in [-0.15, -0.1) is 11.3 Å². The molecule has 1 aromatic rings. The third-order valence-electron chi connectivity index (χ3n) is 2.35. The molecule has 0 aromatic carbocycles. The van der Waals surface area contributed by atoms with Crippen molar-refractivity contribution < 1.29 is 9.47 Å². The fourth-order valence-electron chi connectivity index (χ4n) is 1.79. The van der Waals surface area contributed by atoms with E-state index in [1.807, 2.05) is 33.2 Å². The van der Waals surface area contributed by atoms with E-state index in [4.69, 9.17) is 9.47 Å². The second-order valence-corrected chi connectivity index (χ2v) is 4.95. The maximum absolute atomic E-state index is 5.83. The molecule has 1 aromatic heterocycles. The van der Waals surface area contributed by atoms with Gasteiger partial charge in [0.15, 0.2) is 5.79 Å². The number of rotatable bonds is 1. The summed E-state index contributed by atoms with van der Waals surface area (Å²) in [5.41, 5.74) is 2.90. The summed E-state index contributed by atoms with van der Waals surface area (Å²) in [7, 11) is 0. The predicted octanol–water partition coefficient (Wildman–Crippen LogP) is 2.66. The van der Waals surface area contributed by atoms with E-state index < -0.39 is 5.79 Å². The average Bonchev–Trinajstić information content (AvgIpc) is 2.55. The van der Waals surface area contributed by atoms with Crippen LogP contribution in [0.1, 0.15) is 37.4 Å². The fraction of sp³-hybridized carbons (Fsp3) is 0.700. The van der Waals surface area contributed by atoms with Crippen molar-refractivity contribution >= 4 is 11.3 Å². The van der Waals surface area contributed by atoms with Crippen molar-refractivity contribution in [2.75, 3.05) is 0 Å². The molecule has 3 nitrogen and oxygen atoms in total. The van der Waals surface area contributed by atoms with Gasteiger partial charge in [-0.2, -0.15) is 0 Å². The molecule has 78 valence electrons. The van der Waals surface area contributed by atoms with Gasteiger partial charge in [-0.3, -0.25) is 0 Å². The number of hydrogen-bond acceptors (Lipinski definition) is 4. The van der Waals surface area contributed by atoms with E-state index in [-0.39, 0.29) is 12.2 Å². The molecule has 14 heavy (non-hydrogen) atoms. The molecule has 0 N–H and O–H groups in total. The molecule has 0 amide bonds. The van der Waals surface area contributed by atoms with Gasteiger partial charge in [0, 0.05) is 0 Å². The van der Waals surface area contributed by atoms with Gasteiger partial charge in [-0.1, -0.05) is 0 Å². The summed E-state index contributed by atoms with van der Waals surface area (Å²) in [5, 5.41) is 0. The van der Waals surface area contributed by atoms with E-state index in [0.717, 1.165) is 5.69 Å². The topological polar surface area (TPSA) is 31.4 Å². The highest BCUT2D eigenvalue weighted by Gasteiger charge is 2.40. The van der Waals surface area contributed by atoms with Crippen LogP contribution in [0.15, 0.2) is 5.51 Å². The third-order valence-corrected chi connectivity index (χ3v) is 3.34. The summed E-state index contributed by atoms with van der Waals surface area (Å²) in [6.45, 7) is 7.94. The number of ether oxygens (including phenoxy) is 2. The first kappa shape index (κ1) is 10.1. The summed E-state index contributed by atoms with van der Waals surface area (Å²) in [4.78, 5) is 5.41. The molecule has 0 unspecified atom stereocenters. The lowest BCUT2D eigenvalue weighted by molar-refractivity contribution is -0.145. The van der Waals surface area contributed by atoms with Gasteiger partial charge in [-0.25, -0.2) is 4.98 Å². The molecule has 0 bridgehead atoms. The molecule has 4 heteroatoms. The fourth-order valence-corrected chi connectivity index (χ4v) is 2.71. The second-order valence-electron chi connectivity index (χ2n) is 4.06. The summed E-state index contributed by atoms with van der Waals surface area (Å²) in [6.07, 6.45) is 0.140. The molecular weight excluding hydrogens is 198 g/mol. The van der Waals surface area contributed by atoms with Crippen molar-refractivity contribution in [3.63, 3.8) is 0 Å². The van der Waals surface area contributed by atoms with Gasteiger partial charge in [0.05, 0.1) is 22.2 Å². The average molecular weight is 213 g/mol. The van der Waals surface area contributed by atoms with Crippen LogP contribution < -0.4 is 0 Å². The van der Waals surface area contributed by atoms with E-state index in [1.54, 1.807) is 11.3 Å². The van der Waals surface area contributed by atoms with Gasteiger partial charge >= 0.3 is 0 Å². The Hall–Kier alpha value is -0.450. The standard InChI is InChI=1S/C10H15NO2S/c1-6-9(14-5-11-6)8-7(2)12-10(3,4)13-8/h5,7-8H,1-4H3/t7-,8+/m1/s1. The number of nitrogens with zero attached hydrogens (tertiary/aromatic N) is 1. The molecule has 0 saturated carbocycles. The molecule has 0 spiro atoms. The summed E-state index contributed by atoms with van der Waals surface area (Å²) in [5.74, 6) is -0.472. The van der Waals surface area contributed by atoms with Crippen molar-refractivity contribution in [2.24, 2.45) is 0 Å². The summed E-state index contributed by atoms with van der Waals surface area (Å²) < 4.78 is 11.5. The monoisotopic (exact) mass is 213 g/mol. The molecule has 2 rings (SSSR count). The Bertz CT molecular complexity index is 335. The van der Waals surface area contributed by atoms with Gasteiger partial charge < -0.3 is 9.47 Å². The van der Waals surface area contributed by atoms with Gasteiger partial charge in [-0.05, 0) is 27.7 Å². The van der Waals surface area contributed by atoms with Crippen molar-refractivity contribution in [1.82, 2.24) is 4.98 Å². The van der Waals surface area contributed by atoms with Crippen LogP contribution in [0, 0.1) is 6.92 Å². The van der Waals surface area contributed by atoms with Crippen molar-refractivity contribution in [3.8, 4) is 0 Å². The van der Waals surface area contributed by atoms with Crippen LogP contribution in [0.5, 0.6) is 0 Å². The highest BCUT2D eigenvalue weighted by Crippen LogP contribution is 2.40. The lowest BCUT2D eigenvalue weighted by Gasteiger charge is -2.16.